The number of nitrogens with one attached hydrogen (secondary N) is 1. The molecule has 1 unspecified atom stereocenters. The molecule has 0 amide bonds. The van der Waals surface area contributed by atoms with Gasteiger partial charge in [-0.1, -0.05) is 45.2 Å². The lowest BCUT2D eigenvalue weighted by Gasteiger charge is -2.34. The van der Waals surface area contributed by atoms with Gasteiger partial charge in [0.25, 0.3) is 0 Å². The number of benzene rings is 1. The summed E-state index contributed by atoms with van der Waals surface area (Å²) in [5, 5.41) is 3.61. The molecule has 0 spiro atoms. The Morgan fingerprint density at radius 3 is 2.48 bits per heavy atom. The molecule has 1 aromatic rings. The standard InChI is InChI=1S/C19H30FN/c1-4-12-21-19(16-9-7-15(5-2)8-10-16)17-11-6-14(3)13-18(17)20/h6,11,13,15-16,19,21H,4-5,7-10,12H2,1-3H3. The van der Waals surface area contributed by atoms with Gasteiger partial charge in [0, 0.05) is 11.6 Å². The smallest absolute Gasteiger partial charge is 0.128 e. The maximum absolute atomic E-state index is 14.4. The molecule has 0 bridgehead atoms. The molecule has 0 heterocycles. The van der Waals surface area contributed by atoms with Gasteiger partial charge in [-0.25, -0.2) is 4.39 Å². The fourth-order valence-electron chi connectivity index (χ4n) is 3.64. The lowest BCUT2D eigenvalue weighted by Crippen LogP contribution is -2.32. The van der Waals surface area contributed by atoms with E-state index in [-0.39, 0.29) is 11.9 Å². The summed E-state index contributed by atoms with van der Waals surface area (Å²) < 4.78 is 14.4. The molecule has 0 saturated heterocycles. The molecule has 1 fully saturated rings. The molecular weight excluding hydrogens is 261 g/mol. The van der Waals surface area contributed by atoms with E-state index in [4.69, 9.17) is 0 Å². The van der Waals surface area contributed by atoms with E-state index < -0.39 is 0 Å². The van der Waals surface area contributed by atoms with Crippen molar-refractivity contribution in [3.05, 3.63) is 35.1 Å². The third-order valence-electron chi connectivity index (χ3n) is 5.05. The van der Waals surface area contributed by atoms with Crippen LogP contribution in [-0.4, -0.2) is 6.54 Å². The molecule has 1 atom stereocenters. The first-order valence-corrected chi connectivity index (χ1v) is 8.65. The molecule has 1 saturated carbocycles. The quantitative estimate of drug-likeness (QED) is 0.741. The summed E-state index contributed by atoms with van der Waals surface area (Å²) in [6.45, 7) is 7.38. The fraction of sp³-hybridized carbons (Fsp3) is 0.684. The highest BCUT2D eigenvalue weighted by Gasteiger charge is 2.29. The molecule has 21 heavy (non-hydrogen) atoms. The van der Waals surface area contributed by atoms with Gasteiger partial charge in [-0.05, 0) is 56.2 Å². The number of hydrogen-bond donors (Lipinski definition) is 1. The Balaban J connectivity index is 2.14. The summed E-state index contributed by atoms with van der Waals surface area (Å²) in [7, 11) is 0. The zero-order valence-electron chi connectivity index (χ0n) is 13.8. The largest absolute Gasteiger partial charge is 0.310 e. The van der Waals surface area contributed by atoms with Crippen LogP contribution < -0.4 is 5.32 Å². The Bertz CT molecular complexity index is 435. The first-order valence-electron chi connectivity index (χ1n) is 8.65. The zero-order valence-corrected chi connectivity index (χ0v) is 13.8. The van der Waals surface area contributed by atoms with Crippen LogP contribution in [0, 0.1) is 24.6 Å². The molecule has 0 radical (unpaired) electrons. The van der Waals surface area contributed by atoms with E-state index in [9.17, 15) is 4.39 Å². The van der Waals surface area contributed by atoms with Crippen molar-refractivity contribution in [2.75, 3.05) is 6.54 Å². The van der Waals surface area contributed by atoms with Gasteiger partial charge in [0.05, 0.1) is 0 Å². The average Bonchev–Trinajstić information content (AvgIpc) is 2.50. The van der Waals surface area contributed by atoms with Crippen LogP contribution >= 0.6 is 0 Å². The summed E-state index contributed by atoms with van der Waals surface area (Å²) in [6, 6.07) is 5.89. The van der Waals surface area contributed by atoms with Crippen LogP contribution in [0.1, 0.15) is 69.5 Å². The van der Waals surface area contributed by atoms with Crippen molar-refractivity contribution in [3.8, 4) is 0 Å². The minimum absolute atomic E-state index is 0.0405. The van der Waals surface area contributed by atoms with Crippen molar-refractivity contribution < 1.29 is 4.39 Å². The van der Waals surface area contributed by atoms with Crippen LogP contribution in [0.15, 0.2) is 18.2 Å². The molecule has 118 valence electrons. The molecule has 1 aliphatic rings. The van der Waals surface area contributed by atoms with Crippen LogP contribution in [0.3, 0.4) is 0 Å². The van der Waals surface area contributed by atoms with Crippen LogP contribution in [0.25, 0.3) is 0 Å². The third kappa shape index (κ3) is 4.29. The van der Waals surface area contributed by atoms with Crippen LogP contribution in [-0.2, 0) is 0 Å². The molecule has 1 nitrogen and oxygen atoms in total. The first kappa shape index (κ1) is 16.5. The van der Waals surface area contributed by atoms with E-state index in [2.05, 4.69) is 19.2 Å². The van der Waals surface area contributed by atoms with Gasteiger partial charge < -0.3 is 5.32 Å². The highest BCUT2D eigenvalue weighted by molar-refractivity contribution is 5.26. The Labute approximate surface area is 129 Å². The zero-order chi connectivity index (χ0) is 15.2. The van der Waals surface area contributed by atoms with Gasteiger partial charge in [0.15, 0.2) is 0 Å². The Morgan fingerprint density at radius 1 is 1.19 bits per heavy atom. The predicted octanol–water partition coefficient (Wildman–Crippen LogP) is 5.39. The summed E-state index contributed by atoms with van der Waals surface area (Å²) >= 11 is 0. The average molecular weight is 291 g/mol. The SMILES string of the molecule is CCCNC(c1ccc(C)cc1F)C1CCC(CC)CC1. The van der Waals surface area contributed by atoms with E-state index in [1.807, 2.05) is 19.1 Å². The molecule has 1 N–H and O–H groups in total. The Kier molecular flexibility index (Phi) is 6.22. The molecule has 1 aliphatic carbocycles. The predicted molar refractivity (Wildman–Crippen MR) is 87.9 cm³/mol. The lowest BCUT2D eigenvalue weighted by molar-refractivity contribution is 0.216. The molecule has 2 heteroatoms. The number of rotatable bonds is 6. The molecule has 1 aromatic carbocycles. The van der Waals surface area contributed by atoms with E-state index in [1.54, 1.807) is 6.07 Å². The van der Waals surface area contributed by atoms with Gasteiger partial charge in [-0.15, -0.1) is 0 Å². The fourth-order valence-corrected chi connectivity index (χ4v) is 3.64. The molecule has 0 aromatic heterocycles. The second kappa shape index (κ2) is 7.93. The maximum atomic E-state index is 14.4. The summed E-state index contributed by atoms with van der Waals surface area (Å²) in [5.41, 5.74) is 1.87. The third-order valence-corrected chi connectivity index (χ3v) is 5.05. The van der Waals surface area contributed by atoms with E-state index in [1.165, 1.54) is 32.1 Å². The highest BCUT2D eigenvalue weighted by Crippen LogP contribution is 2.38. The van der Waals surface area contributed by atoms with Crippen LogP contribution in [0.2, 0.25) is 0 Å². The van der Waals surface area contributed by atoms with Crippen LogP contribution in [0.5, 0.6) is 0 Å². The van der Waals surface area contributed by atoms with Gasteiger partial charge >= 0.3 is 0 Å². The normalized spacial score (nSPS) is 24.0. The van der Waals surface area contributed by atoms with Crippen molar-refractivity contribution in [2.24, 2.45) is 11.8 Å². The topological polar surface area (TPSA) is 12.0 Å². The summed E-state index contributed by atoms with van der Waals surface area (Å²) in [4.78, 5) is 0. The van der Waals surface area contributed by atoms with Gasteiger partial charge in [-0.2, -0.15) is 0 Å². The van der Waals surface area contributed by atoms with Crippen molar-refractivity contribution in [1.29, 1.82) is 0 Å². The number of hydrogen-bond acceptors (Lipinski definition) is 1. The van der Waals surface area contributed by atoms with E-state index in [0.29, 0.717) is 5.92 Å². The lowest BCUT2D eigenvalue weighted by atomic mass is 9.76. The highest BCUT2D eigenvalue weighted by atomic mass is 19.1. The second-order valence-electron chi connectivity index (χ2n) is 6.65. The van der Waals surface area contributed by atoms with Crippen molar-refractivity contribution >= 4 is 0 Å². The maximum Gasteiger partial charge on any atom is 0.128 e. The van der Waals surface area contributed by atoms with E-state index >= 15 is 0 Å². The summed E-state index contributed by atoms with van der Waals surface area (Å²) in [6.07, 6.45) is 7.45. The Morgan fingerprint density at radius 2 is 1.90 bits per heavy atom. The number of aryl methyl sites for hydroxylation is 1. The Hall–Kier alpha value is -0.890. The van der Waals surface area contributed by atoms with Gasteiger partial charge in [-0.3, -0.25) is 0 Å². The monoisotopic (exact) mass is 291 g/mol. The van der Waals surface area contributed by atoms with Gasteiger partial charge in [0.1, 0.15) is 5.82 Å². The van der Waals surface area contributed by atoms with Crippen molar-refractivity contribution in [3.63, 3.8) is 0 Å². The molecule has 2 rings (SSSR count). The van der Waals surface area contributed by atoms with Crippen molar-refractivity contribution in [2.45, 2.75) is 65.3 Å². The van der Waals surface area contributed by atoms with Gasteiger partial charge in [0.2, 0.25) is 0 Å². The second-order valence-corrected chi connectivity index (χ2v) is 6.65. The number of halogens is 1. The van der Waals surface area contributed by atoms with Crippen molar-refractivity contribution in [1.82, 2.24) is 5.32 Å². The first-order chi connectivity index (χ1) is 10.2. The van der Waals surface area contributed by atoms with E-state index in [0.717, 1.165) is 30.0 Å². The molecule has 0 aliphatic heterocycles. The minimum atomic E-state index is -0.0405. The van der Waals surface area contributed by atoms with Crippen LogP contribution in [0.4, 0.5) is 4.39 Å². The summed E-state index contributed by atoms with van der Waals surface area (Å²) in [5.74, 6) is 1.42. The minimum Gasteiger partial charge on any atom is -0.310 e. The molecular formula is C19H30FN.